The minimum atomic E-state index is 0.430. The fourth-order valence-electron chi connectivity index (χ4n) is 1.61. The molecule has 1 heteroatoms. The van der Waals surface area contributed by atoms with Crippen molar-refractivity contribution in [2.75, 3.05) is 0 Å². The highest BCUT2D eigenvalue weighted by atomic mass is 14.7. The van der Waals surface area contributed by atoms with Crippen LogP contribution in [-0.2, 0) is 0 Å². The Labute approximate surface area is 73.6 Å². The Morgan fingerprint density at radius 3 is 2.92 bits per heavy atom. The molecule has 0 amide bonds. The van der Waals surface area contributed by atoms with Gasteiger partial charge in [-0.15, -0.1) is 0 Å². The van der Waals surface area contributed by atoms with E-state index in [4.69, 9.17) is 5.73 Å². The molecule has 0 bridgehead atoms. The van der Waals surface area contributed by atoms with E-state index in [-0.39, 0.29) is 0 Å². The molecule has 1 nitrogen and oxygen atoms in total. The van der Waals surface area contributed by atoms with Crippen LogP contribution in [0, 0.1) is 5.92 Å². The lowest BCUT2D eigenvalue weighted by atomic mass is 10.1. The van der Waals surface area contributed by atoms with Gasteiger partial charge < -0.3 is 5.73 Å². The Morgan fingerprint density at radius 1 is 1.50 bits per heavy atom. The second kappa shape index (κ2) is 2.91. The minimum absolute atomic E-state index is 0.430. The molecule has 0 aromatic carbocycles. The molecule has 2 aliphatic carbocycles. The second-order valence-corrected chi connectivity index (χ2v) is 3.79. The number of rotatable bonds is 1. The summed E-state index contributed by atoms with van der Waals surface area (Å²) in [6, 6.07) is 0.430. The van der Waals surface area contributed by atoms with Gasteiger partial charge in [-0.25, -0.2) is 0 Å². The zero-order chi connectivity index (χ0) is 8.55. The van der Waals surface area contributed by atoms with Crippen molar-refractivity contribution in [3.05, 3.63) is 35.5 Å². The van der Waals surface area contributed by atoms with Crippen LogP contribution in [-0.4, -0.2) is 6.04 Å². The maximum atomic E-state index is 5.79. The van der Waals surface area contributed by atoms with E-state index in [9.17, 15) is 0 Å². The van der Waals surface area contributed by atoms with Gasteiger partial charge in [0.2, 0.25) is 0 Å². The van der Waals surface area contributed by atoms with Gasteiger partial charge in [0, 0.05) is 12.0 Å². The molecule has 1 fully saturated rings. The smallest absolute Gasteiger partial charge is 0.0115 e. The van der Waals surface area contributed by atoms with E-state index in [1.165, 1.54) is 17.6 Å². The molecule has 2 rings (SSSR count). The van der Waals surface area contributed by atoms with Gasteiger partial charge in [-0.1, -0.05) is 29.9 Å². The Balaban J connectivity index is 2.09. The van der Waals surface area contributed by atoms with Gasteiger partial charge in [-0.3, -0.25) is 0 Å². The van der Waals surface area contributed by atoms with Gasteiger partial charge in [0.15, 0.2) is 0 Å². The van der Waals surface area contributed by atoms with Crippen LogP contribution in [0.5, 0.6) is 0 Å². The highest BCUT2D eigenvalue weighted by Gasteiger charge is 2.35. The molecular weight excluding hydrogens is 146 g/mol. The minimum Gasteiger partial charge on any atom is -0.327 e. The summed E-state index contributed by atoms with van der Waals surface area (Å²) >= 11 is 0. The molecule has 2 aliphatic rings. The number of hydrogen-bond acceptors (Lipinski definition) is 1. The van der Waals surface area contributed by atoms with Crippen molar-refractivity contribution in [2.45, 2.75) is 25.8 Å². The molecule has 64 valence electrons. The molecule has 0 heterocycles. The summed E-state index contributed by atoms with van der Waals surface area (Å²) in [7, 11) is 0. The summed E-state index contributed by atoms with van der Waals surface area (Å²) < 4.78 is 0. The largest absolute Gasteiger partial charge is 0.327 e. The lowest BCUT2D eigenvalue weighted by Crippen LogP contribution is -2.02. The van der Waals surface area contributed by atoms with Crippen molar-refractivity contribution in [3.8, 4) is 0 Å². The van der Waals surface area contributed by atoms with Crippen LogP contribution in [0.4, 0.5) is 0 Å². The summed E-state index contributed by atoms with van der Waals surface area (Å²) in [5.41, 5.74) is 8.66. The Bertz CT molecular complexity index is 271. The zero-order valence-corrected chi connectivity index (χ0v) is 7.46. The first-order valence-electron chi connectivity index (χ1n) is 4.57. The molecule has 2 N–H and O–H groups in total. The quantitative estimate of drug-likeness (QED) is 0.626. The van der Waals surface area contributed by atoms with Crippen LogP contribution in [0.25, 0.3) is 0 Å². The predicted octanol–water partition coefficient (Wildman–Crippen LogP) is 2.17. The van der Waals surface area contributed by atoms with Crippen LogP contribution in [0.15, 0.2) is 35.5 Å². The van der Waals surface area contributed by atoms with Gasteiger partial charge in [0.25, 0.3) is 0 Å². The lowest BCUT2D eigenvalue weighted by molar-refractivity contribution is 0.934. The molecule has 0 saturated heterocycles. The fraction of sp³-hybridized carbons (Fsp3) is 0.455. The summed E-state index contributed by atoms with van der Waals surface area (Å²) in [5, 5.41) is 0. The van der Waals surface area contributed by atoms with Crippen LogP contribution in [0.2, 0.25) is 0 Å². The number of nitrogens with two attached hydrogens (primary N) is 1. The molecule has 12 heavy (non-hydrogen) atoms. The van der Waals surface area contributed by atoms with Gasteiger partial charge in [-0.05, 0) is 25.3 Å². The van der Waals surface area contributed by atoms with Gasteiger partial charge in [-0.2, -0.15) is 0 Å². The van der Waals surface area contributed by atoms with Crippen molar-refractivity contribution in [1.29, 1.82) is 0 Å². The number of hydrogen-bond donors (Lipinski definition) is 1. The van der Waals surface area contributed by atoms with E-state index in [2.05, 4.69) is 31.2 Å². The first-order valence-corrected chi connectivity index (χ1v) is 4.57. The maximum Gasteiger partial charge on any atom is 0.0115 e. The first kappa shape index (κ1) is 7.81. The zero-order valence-electron chi connectivity index (χ0n) is 7.46. The van der Waals surface area contributed by atoms with E-state index in [0.29, 0.717) is 12.0 Å². The third-order valence-electron chi connectivity index (χ3n) is 2.60. The van der Waals surface area contributed by atoms with E-state index < -0.39 is 0 Å². The molecule has 0 spiro atoms. The van der Waals surface area contributed by atoms with Gasteiger partial charge in [0.05, 0.1) is 0 Å². The SMILES string of the molecule is CC1=CC=CC(C2CC2N)=CC1. The van der Waals surface area contributed by atoms with E-state index >= 15 is 0 Å². The number of allylic oxidation sites excluding steroid dienone is 5. The third-order valence-corrected chi connectivity index (χ3v) is 2.60. The highest BCUT2D eigenvalue weighted by molar-refractivity contribution is 5.35. The fourth-order valence-corrected chi connectivity index (χ4v) is 1.61. The van der Waals surface area contributed by atoms with Crippen molar-refractivity contribution >= 4 is 0 Å². The normalized spacial score (nSPS) is 33.8. The van der Waals surface area contributed by atoms with E-state index in [0.717, 1.165) is 6.42 Å². The van der Waals surface area contributed by atoms with Crippen LogP contribution in [0.1, 0.15) is 19.8 Å². The van der Waals surface area contributed by atoms with Crippen LogP contribution < -0.4 is 5.73 Å². The van der Waals surface area contributed by atoms with Crippen molar-refractivity contribution in [3.63, 3.8) is 0 Å². The van der Waals surface area contributed by atoms with Gasteiger partial charge in [0.1, 0.15) is 0 Å². The maximum absolute atomic E-state index is 5.79. The average molecular weight is 161 g/mol. The molecule has 0 radical (unpaired) electrons. The first-order chi connectivity index (χ1) is 5.77. The monoisotopic (exact) mass is 161 g/mol. The topological polar surface area (TPSA) is 26.0 Å². The van der Waals surface area contributed by atoms with Crippen LogP contribution >= 0.6 is 0 Å². The van der Waals surface area contributed by atoms with Crippen molar-refractivity contribution < 1.29 is 0 Å². The molecule has 0 aliphatic heterocycles. The second-order valence-electron chi connectivity index (χ2n) is 3.79. The highest BCUT2D eigenvalue weighted by Crippen LogP contribution is 2.37. The molecule has 2 unspecified atom stereocenters. The Morgan fingerprint density at radius 2 is 2.25 bits per heavy atom. The molecule has 1 saturated carbocycles. The summed E-state index contributed by atoms with van der Waals surface area (Å²) in [6.45, 7) is 2.16. The summed E-state index contributed by atoms with van der Waals surface area (Å²) in [4.78, 5) is 0. The predicted molar refractivity (Wildman–Crippen MR) is 51.7 cm³/mol. The van der Waals surface area contributed by atoms with Crippen molar-refractivity contribution in [2.24, 2.45) is 11.7 Å². The standard InChI is InChI=1S/C11H15N/c1-8-3-2-4-9(6-5-8)10-7-11(10)12/h2-4,6,10-11H,5,7,12H2,1H3. The summed E-state index contributed by atoms with van der Waals surface area (Å²) in [5.74, 6) is 0.653. The molecule has 0 aromatic heterocycles. The van der Waals surface area contributed by atoms with Gasteiger partial charge >= 0.3 is 0 Å². The molecule has 2 atom stereocenters. The lowest BCUT2D eigenvalue weighted by Gasteiger charge is -1.97. The Hall–Kier alpha value is -0.820. The average Bonchev–Trinajstić information content (AvgIpc) is 2.75. The van der Waals surface area contributed by atoms with E-state index in [1.807, 2.05) is 0 Å². The van der Waals surface area contributed by atoms with E-state index in [1.54, 1.807) is 0 Å². The molecular formula is C11H15N. The molecule has 0 aromatic rings. The third kappa shape index (κ3) is 1.51. The summed E-state index contributed by atoms with van der Waals surface area (Å²) in [6.07, 6.45) is 11.1. The Kier molecular flexibility index (Phi) is 1.89. The van der Waals surface area contributed by atoms with Crippen LogP contribution in [0.3, 0.4) is 0 Å². The van der Waals surface area contributed by atoms with Crippen molar-refractivity contribution in [1.82, 2.24) is 0 Å².